The molecule has 1 heterocycles. The summed E-state index contributed by atoms with van der Waals surface area (Å²) in [6, 6.07) is 28.1. The number of allylic oxidation sites excluding steroid dienone is 1. The zero-order chi connectivity index (χ0) is 15.9. The first-order valence-corrected chi connectivity index (χ1v) is 8.37. The fraction of sp³-hybridized carbons (Fsp3) is 0.0435. The normalized spacial score (nSPS) is 12.7. The zero-order valence-electron chi connectivity index (χ0n) is 13.3. The van der Waals surface area contributed by atoms with Gasteiger partial charge in [0.2, 0.25) is 0 Å². The standard InChI is InChI=1S/C23H17N/c1-2-11-18(12-3-1)24-21-15-7-6-14-20(21)23-19-13-5-4-9-17(19)10-8-16-22(23)24/h1-9,11-16H,10H2. The average molecular weight is 307 g/mol. The van der Waals surface area contributed by atoms with E-state index in [1.807, 2.05) is 0 Å². The van der Waals surface area contributed by atoms with Crippen LogP contribution in [0.1, 0.15) is 11.3 Å². The van der Waals surface area contributed by atoms with E-state index in [0.717, 1.165) is 6.42 Å². The fourth-order valence-corrected chi connectivity index (χ4v) is 3.80. The van der Waals surface area contributed by atoms with Crippen molar-refractivity contribution in [2.24, 2.45) is 0 Å². The van der Waals surface area contributed by atoms with E-state index in [-0.39, 0.29) is 0 Å². The van der Waals surface area contributed by atoms with E-state index in [1.165, 1.54) is 39.0 Å². The molecule has 4 aromatic rings. The lowest BCUT2D eigenvalue weighted by atomic mass is 9.97. The number of hydrogen-bond acceptors (Lipinski definition) is 0. The molecule has 0 spiro atoms. The average Bonchev–Trinajstić information content (AvgIpc) is 2.84. The molecule has 24 heavy (non-hydrogen) atoms. The monoisotopic (exact) mass is 307 g/mol. The maximum atomic E-state index is 2.38. The van der Waals surface area contributed by atoms with Gasteiger partial charge in [-0.15, -0.1) is 0 Å². The number of nitrogens with zero attached hydrogens (tertiary/aromatic N) is 1. The Bertz CT molecular complexity index is 1070. The zero-order valence-corrected chi connectivity index (χ0v) is 13.3. The molecule has 0 saturated heterocycles. The van der Waals surface area contributed by atoms with Crippen molar-refractivity contribution in [3.8, 4) is 16.8 Å². The van der Waals surface area contributed by atoms with Gasteiger partial charge in [0.15, 0.2) is 0 Å². The molecule has 114 valence electrons. The molecule has 0 aliphatic heterocycles. The van der Waals surface area contributed by atoms with Crippen molar-refractivity contribution in [1.29, 1.82) is 0 Å². The third kappa shape index (κ3) is 1.88. The van der Waals surface area contributed by atoms with Crippen LogP contribution in [0.25, 0.3) is 33.8 Å². The Morgan fingerprint density at radius 1 is 0.708 bits per heavy atom. The van der Waals surface area contributed by atoms with Crippen LogP contribution < -0.4 is 0 Å². The SMILES string of the molecule is C1=Cc2c(c3ccccc3n2-c2ccccc2)-c2ccccc2C1. The summed E-state index contributed by atoms with van der Waals surface area (Å²) in [7, 11) is 0. The fourth-order valence-electron chi connectivity index (χ4n) is 3.80. The van der Waals surface area contributed by atoms with Gasteiger partial charge in [-0.25, -0.2) is 0 Å². The molecule has 0 radical (unpaired) electrons. The van der Waals surface area contributed by atoms with Crippen LogP contribution in [0.5, 0.6) is 0 Å². The lowest BCUT2D eigenvalue weighted by Gasteiger charge is -2.09. The molecular formula is C23H17N. The molecule has 0 unspecified atom stereocenters. The minimum atomic E-state index is 0.980. The van der Waals surface area contributed by atoms with E-state index in [4.69, 9.17) is 0 Å². The molecule has 0 bridgehead atoms. The lowest BCUT2D eigenvalue weighted by molar-refractivity contribution is 1.11. The molecular weight excluding hydrogens is 290 g/mol. The predicted molar refractivity (Wildman–Crippen MR) is 101 cm³/mol. The third-order valence-electron chi connectivity index (χ3n) is 4.83. The molecule has 0 saturated carbocycles. The van der Waals surface area contributed by atoms with Crippen LogP contribution in [0.4, 0.5) is 0 Å². The second-order valence-corrected chi connectivity index (χ2v) is 6.21. The Hall–Kier alpha value is -3.06. The van der Waals surface area contributed by atoms with Gasteiger partial charge in [0.1, 0.15) is 0 Å². The summed E-state index contributed by atoms with van der Waals surface area (Å²) in [6.07, 6.45) is 5.54. The topological polar surface area (TPSA) is 4.93 Å². The van der Waals surface area contributed by atoms with E-state index >= 15 is 0 Å². The predicted octanol–water partition coefficient (Wildman–Crippen LogP) is 5.87. The van der Waals surface area contributed by atoms with Crippen LogP contribution in [0.2, 0.25) is 0 Å². The Labute approximate surface area is 141 Å². The second kappa shape index (κ2) is 5.24. The highest BCUT2D eigenvalue weighted by Gasteiger charge is 2.20. The van der Waals surface area contributed by atoms with Gasteiger partial charge < -0.3 is 4.57 Å². The second-order valence-electron chi connectivity index (χ2n) is 6.21. The molecule has 1 heteroatoms. The number of rotatable bonds is 1. The van der Waals surface area contributed by atoms with E-state index in [0.29, 0.717) is 0 Å². The van der Waals surface area contributed by atoms with Gasteiger partial charge in [-0.2, -0.15) is 0 Å². The van der Waals surface area contributed by atoms with Gasteiger partial charge in [0.05, 0.1) is 11.2 Å². The number of aromatic nitrogens is 1. The summed E-state index contributed by atoms with van der Waals surface area (Å²) in [6.45, 7) is 0. The van der Waals surface area contributed by atoms with Crippen LogP contribution >= 0.6 is 0 Å². The summed E-state index contributed by atoms with van der Waals surface area (Å²) < 4.78 is 2.38. The Kier molecular flexibility index (Phi) is 2.92. The summed E-state index contributed by atoms with van der Waals surface area (Å²) in [4.78, 5) is 0. The molecule has 0 amide bonds. The molecule has 1 aliphatic carbocycles. The lowest BCUT2D eigenvalue weighted by Crippen LogP contribution is -1.96. The van der Waals surface area contributed by atoms with Crippen molar-refractivity contribution < 1.29 is 0 Å². The van der Waals surface area contributed by atoms with E-state index in [9.17, 15) is 0 Å². The first kappa shape index (κ1) is 13.4. The van der Waals surface area contributed by atoms with E-state index in [2.05, 4.69) is 95.6 Å². The highest BCUT2D eigenvalue weighted by Crippen LogP contribution is 2.40. The van der Waals surface area contributed by atoms with Crippen LogP contribution in [0, 0.1) is 0 Å². The molecule has 1 aliphatic rings. The Morgan fingerprint density at radius 3 is 2.38 bits per heavy atom. The van der Waals surface area contributed by atoms with Crippen LogP contribution in [-0.4, -0.2) is 4.57 Å². The number of hydrogen-bond donors (Lipinski definition) is 0. The maximum absolute atomic E-state index is 2.38. The molecule has 5 rings (SSSR count). The highest BCUT2D eigenvalue weighted by molar-refractivity contribution is 6.03. The number of fused-ring (bicyclic) bond motifs is 5. The van der Waals surface area contributed by atoms with Gasteiger partial charge in [-0.3, -0.25) is 0 Å². The largest absolute Gasteiger partial charge is 0.309 e. The van der Waals surface area contributed by atoms with Crippen LogP contribution in [-0.2, 0) is 6.42 Å². The van der Waals surface area contributed by atoms with Crippen molar-refractivity contribution in [1.82, 2.24) is 4.57 Å². The summed E-state index contributed by atoms with van der Waals surface area (Å²) in [5.41, 5.74) is 7.83. The molecule has 1 nitrogen and oxygen atoms in total. The van der Waals surface area contributed by atoms with E-state index < -0.39 is 0 Å². The number of para-hydroxylation sites is 2. The van der Waals surface area contributed by atoms with Gasteiger partial charge in [0, 0.05) is 16.6 Å². The van der Waals surface area contributed by atoms with Crippen LogP contribution in [0.3, 0.4) is 0 Å². The molecule has 3 aromatic carbocycles. The van der Waals surface area contributed by atoms with E-state index in [1.54, 1.807) is 0 Å². The summed E-state index contributed by atoms with van der Waals surface area (Å²) >= 11 is 0. The van der Waals surface area contributed by atoms with Crippen molar-refractivity contribution in [3.63, 3.8) is 0 Å². The quantitative estimate of drug-likeness (QED) is 0.414. The smallest absolute Gasteiger partial charge is 0.0544 e. The Morgan fingerprint density at radius 2 is 1.46 bits per heavy atom. The molecule has 0 fully saturated rings. The molecule has 0 N–H and O–H groups in total. The van der Waals surface area contributed by atoms with Crippen molar-refractivity contribution in [2.45, 2.75) is 6.42 Å². The van der Waals surface area contributed by atoms with Gasteiger partial charge >= 0.3 is 0 Å². The van der Waals surface area contributed by atoms with Gasteiger partial charge in [-0.1, -0.05) is 66.7 Å². The molecule has 0 atom stereocenters. The van der Waals surface area contributed by atoms with Crippen molar-refractivity contribution in [2.75, 3.05) is 0 Å². The summed E-state index contributed by atoms with van der Waals surface area (Å²) in [5, 5.41) is 1.32. The van der Waals surface area contributed by atoms with Gasteiger partial charge in [0.25, 0.3) is 0 Å². The third-order valence-corrected chi connectivity index (χ3v) is 4.83. The Balaban J connectivity index is 1.96. The number of benzene rings is 3. The molecule has 1 aromatic heterocycles. The minimum Gasteiger partial charge on any atom is -0.309 e. The minimum absolute atomic E-state index is 0.980. The van der Waals surface area contributed by atoms with Gasteiger partial charge in [-0.05, 0) is 41.8 Å². The maximum Gasteiger partial charge on any atom is 0.0544 e. The first-order valence-electron chi connectivity index (χ1n) is 8.37. The van der Waals surface area contributed by atoms with Crippen molar-refractivity contribution in [3.05, 3.63) is 96.2 Å². The van der Waals surface area contributed by atoms with Crippen molar-refractivity contribution >= 4 is 17.0 Å². The summed E-state index contributed by atoms with van der Waals surface area (Å²) in [5.74, 6) is 0. The van der Waals surface area contributed by atoms with Crippen LogP contribution in [0.15, 0.2) is 84.9 Å². The highest BCUT2D eigenvalue weighted by atomic mass is 15.0. The first-order chi connectivity index (χ1) is 11.9.